The van der Waals surface area contributed by atoms with Gasteiger partial charge >= 0.3 is 0 Å². The van der Waals surface area contributed by atoms with E-state index in [1.807, 2.05) is 4.90 Å². The van der Waals surface area contributed by atoms with E-state index < -0.39 is 0 Å². The van der Waals surface area contributed by atoms with E-state index in [0.29, 0.717) is 34.9 Å². The maximum atomic E-state index is 12.8. The normalized spacial score (nSPS) is 18.0. The minimum absolute atomic E-state index is 0.0614. The highest BCUT2D eigenvalue weighted by Crippen LogP contribution is 2.31. The van der Waals surface area contributed by atoms with Crippen molar-refractivity contribution in [2.75, 3.05) is 18.8 Å². The van der Waals surface area contributed by atoms with Gasteiger partial charge in [0.2, 0.25) is 0 Å². The topological polar surface area (TPSA) is 92.3 Å². The minimum Gasteiger partial charge on any atom is -0.396 e. The maximum Gasteiger partial charge on any atom is 0.257 e. The standard InChI is InChI=1S/C15H15ClN6O/c16-11-2-1-4-22-14(11)10(6-19-22)15(23)21-5-3-9(8-21)13-12(17)7-18-20-13/h1-2,4,6-7,9H,3,5,8,17H2,(H,18,20). The molecular weight excluding hydrogens is 316 g/mol. The van der Waals surface area contributed by atoms with Crippen molar-refractivity contribution in [1.82, 2.24) is 24.7 Å². The monoisotopic (exact) mass is 330 g/mol. The van der Waals surface area contributed by atoms with E-state index in [0.717, 1.165) is 12.1 Å². The fourth-order valence-corrected chi connectivity index (χ4v) is 3.40. The van der Waals surface area contributed by atoms with Gasteiger partial charge in [-0.2, -0.15) is 10.2 Å². The van der Waals surface area contributed by atoms with Crippen LogP contribution in [-0.2, 0) is 0 Å². The number of halogens is 1. The highest BCUT2D eigenvalue weighted by molar-refractivity contribution is 6.34. The number of fused-ring (bicyclic) bond motifs is 1. The molecule has 1 aliphatic heterocycles. The Labute approximate surface area is 137 Å². The lowest BCUT2D eigenvalue weighted by molar-refractivity contribution is 0.0792. The van der Waals surface area contributed by atoms with Gasteiger partial charge in [-0.05, 0) is 18.6 Å². The van der Waals surface area contributed by atoms with Gasteiger partial charge in [0.05, 0.1) is 39.9 Å². The average Bonchev–Trinajstić information content (AvgIpc) is 3.24. The van der Waals surface area contributed by atoms with Crippen molar-refractivity contribution in [1.29, 1.82) is 0 Å². The molecule has 1 atom stereocenters. The Bertz CT molecular complexity index is 885. The fourth-order valence-electron chi connectivity index (χ4n) is 3.14. The first-order valence-electron chi connectivity index (χ1n) is 7.35. The Morgan fingerprint density at radius 3 is 3.09 bits per heavy atom. The number of nitrogens with two attached hydrogens (primary N) is 1. The molecule has 0 bridgehead atoms. The number of nitrogens with zero attached hydrogens (tertiary/aromatic N) is 4. The molecule has 0 saturated carbocycles. The summed E-state index contributed by atoms with van der Waals surface area (Å²) in [7, 11) is 0. The Kier molecular flexibility index (Phi) is 3.23. The predicted molar refractivity (Wildman–Crippen MR) is 86.5 cm³/mol. The van der Waals surface area contributed by atoms with Crippen LogP contribution in [0.5, 0.6) is 0 Å². The number of likely N-dealkylation sites (tertiary alicyclic amines) is 1. The molecule has 118 valence electrons. The van der Waals surface area contributed by atoms with Gasteiger partial charge in [-0.3, -0.25) is 9.89 Å². The second-order valence-corrected chi connectivity index (χ2v) is 6.09. The van der Waals surface area contributed by atoms with Crippen molar-refractivity contribution in [3.05, 3.63) is 47.0 Å². The van der Waals surface area contributed by atoms with Crippen LogP contribution in [-0.4, -0.2) is 43.7 Å². The van der Waals surface area contributed by atoms with Crippen molar-refractivity contribution >= 4 is 28.7 Å². The lowest BCUT2D eigenvalue weighted by Crippen LogP contribution is -2.28. The Morgan fingerprint density at radius 1 is 1.43 bits per heavy atom. The largest absolute Gasteiger partial charge is 0.396 e. The van der Waals surface area contributed by atoms with Crippen molar-refractivity contribution in [3.8, 4) is 0 Å². The number of hydrogen-bond donors (Lipinski definition) is 2. The van der Waals surface area contributed by atoms with Gasteiger partial charge in [0, 0.05) is 25.2 Å². The quantitative estimate of drug-likeness (QED) is 0.751. The molecule has 1 unspecified atom stereocenters. The van der Waals surface area contributed by atoms with E-state index in [2.05, 4.69) is 15.3 Å². The minimum atomic E-state index is -0.0614. The van der Waals surface area contributed by atoms with Crippen LogP contribution < -0.4 is 5.73 Å². The number of amides is 1. The summed E-state index contributed by atoms with van der Waals surface area (Å²) in [5, 5.41) is 11.6. The fraction of sp³-hybridized carbons (Fsp3) is 0.267. The highest BCUT2D eigenvalue weighted by atomic mass is 35.5. The summed E-state index contributed by atoms with van der Waals surface area (Å²) in [5.74, 6) is 0.118. The summed E-state index contributed by atoms with van der Waals surface area (Å²) in [6.07, 6.45) is 5.80. The van der Waals surface area contributed by atoms with Crippen LogP contribution in [0.25, 0.3) is 5.52 Å². The Morgan fingerprint density at radius 2 is 2.30 bits per heavy atom. The maximum absolute atomic E-state index is 12.8. The number of pyridine rings is 1. The zero-order valence-electron chi connectivity index (χ0n) is 12.2. The molecule has 0 aliphatic carbocycles. The van der Waals surface area contributed by atoms with Crippen molar-refractivity contribution in [3.63, 3.8) is 0 Å². The highest BCUT2D eigenvalue weighted by Gasteiger charge is 2.31. The van der Waals surface area contributed by atoms with E-state index in [4.69, 9.17) is 17.3 Å². The first kappa shape index (κ1) is 14.1. The van der Waals surface area contributed by atoms with Crippen LogP contribution in [0, 0.1) is 0 Å². The molecule has 1 saturated heterocycles. The molecule has 0 spiro atoms. The SMILES string of the molecule is Nc1cn[nH]c1C1CCN(C(=O)c2cnn3cccc(Cl)c23)C1. The summed E-state index contributed by atoms with van der Waals surface area (Å²) in [6.45, 7) is 1.27. The number of nitrogen functional groups attached to an aromatic ring is 1. The van der Waals surface area contributed by atoms with Gasteiger partial charge in [-0.15, -0.1) is 0 Å². The first-order chi connectivity index (χ1) is 11.1. The lowest BCUT2D eigenvalue weighted by atomic mass is 10.0. The Balaban J connectivity index is 1.61. The summed E-state index contributed by atoms with van der Waals surface area (Å²) in [4.78, 5) is 14.6. The first-order valence-corrected chi connectivity index (χ1v) is 7.73. The molecule has 7 nitrogen and oxygen atoms in total. The zero-order valence-corrected chi connectivity index (χ0v) is 13.0. The summed E-state index contributed by atoms with van der Waals surface area (Å²) >= 11 is 6.22. The molecule has 3 N–H and O–H groups in total. The van der Waals surface area contributed by atoms with E-state index in [-0.39, 0.29) is 11.8 Å². The second kappa shape index (κ2) is 5.27. The molecule has 4 heterocycles. The molecule has 3 aromatic rings. The van der Waals surface area contributed by atoms with E-state index in [9.17, 15) is 4.79 Å². The van der Waals surface area contributed by atoms with Gasteiger partial charge in [0.15, 0.2) is 0 Å². The Hall–Kier alpha value is -2.54. The van der Waals surface area contributed by atoms with E-state index >= 15 is 0 Å². The van der Waals surface area contributed by atoms with Gasteiger partial charge in [0.1, 0.15) is 0 Å². The average molecular weight is 331 g/mol. The number of aromatic nitrogens is 4. The smallest absolute Gasteiger partial charge is 0.257 e. The van der Waals surface area contributed by atoms with Crippen molar-refractivity contribution < 1.29 is 4.79 Å². The number of carbonyl (C=O) groups is 1. The van der Waals surface area contributed by atoms with Gasteiger partial charge in [0.25, 0.3) is 5.91 Å². The third kappa shape index (κ3) is 2.24. The third-order valence-electron chi connectivity index (χ3n) is 4.31. The molecule has 3 aromatic heterocycles. The van der Waals surface area contributed by atoms with Crippen LogP contribution >= 0.6 is 11.6 Å². The predicted octanol–water partition coefficient (Wildman–Crippen LogP) is 1.92. The molecule has 1 amide bonds. The van der Waals surface area contributed by atoms with Crippen LogP contribution in [0.3, 0.4) is 0 Å². The molecule has 23 heavy (non-hydrogen) atoms. The van der Waals surface area contributed by atoms with Crippen LogP contribution in [0.15, 0.2) is 30.7 Å². The van der Waals surface area contributed by atoms with E-state index in [1.54, 1.807) is 35.2 Å². The molecule has 0 aromatic carbocycles. The molecular formula is C15H15ClN6O. The van der Waals surface area contributed by atoms with E-state index in [1.165, 1.54) is 0 Å². The van der Waals surface area contributed by atoms with Crippen LogP contribution in [0.4, 0.5) is 5.69 Å². The van der Waals surface area contributed by atoms with Gasteiger partial charge in [-0.1, -0.05) is 11.6 Å². The van der Waals surface area contributed by atoms with Crippen molar-refractivity contribution in [2.45, 2.75) is 12.3 Å². The second-order valence-electron chi connectivity index (χ2n) is 5.68. The molecule has 8 heteroatoms. The number of nitrogens with one attached hydrogen (secondary N) is 1. The van der Waals surface area contributed by atoms with Crippen LogP contribution in [0.2, 0.25) is 5.02 Å². The number of aromatic amines is 1. The van der Waals surface area contributed by atoms with Gasteiger partial charge < -0.3 is 10.6 Å². The number of carbonyl (C=O) groups excluding carboxylic acids is 1. The van der Waals surface area contributed by atoms with Crippen molar-refractivity contribution in [2.24, 2.45) is 0 Å². The number of H-pyrrole nitrogens is 1. The number of hydrogen-bond acceptors (Lipinski definition) is 4. The summed E-state index contributed by atoms with van der Waals surface area (Å²) < 4.78 is 1.62. The summed E-state index contributed by atoms with van der Waals surface area (Å²) in [5.41, 5.74) is 8.61. The van der Waals surface area contributed by atoms with Crippen LogP contribution in [0.1, 0.15) is 28.4 Å². The molecule has 1 aliphatic rings. The van der Waals surface area contributed by atoms with Gasteiger partial charge in [-0.25, -0.2) is 4.52 Å². The zero-order chi connectivity index (χ0) is 16.0. The molecule has 1 fully saturated rings. The number of rotatable bonds is 2. The molecule has 0 radical (unpaired) electrons. The number of anilines is 1. The molecule has 4 rings (SSSR count). The summed E-state index contributed by atoms with van der Waals surface area (Å²) in [6, 6.07) is 3.55. The lowest BCUT2D eigenvalue weighted by Gasteiger charge is -2.16. The third-order valence-corrected chi connectivity index (χ3v) is 4.61.